The lowest BCUT2D eigenvalue weighted by Crippen LogP contribution is -2.40. The van der Waals surface area contributed by atoms with Gasteiger partial charge in [-0.05, 0) is 67.6 Å². The summed E-state index contributed by atoms with van der Waals surface area (Å²) >= 11 is 6.00. The van der Waals surface area contributed by atoms with Crippen molar-refractivity contribution in [3.05, 3.63) is 97.5 Å². The zero-order chi connectivity index (χ0) is 28.2. The standard InChI is InChI=1S/C29H29ClFN3O6/c1-33-27-25(28(36)34(29(33)37)14-4-16-39-23-5-2-3-15-38-23)24(26(35)18-6-10-20(31)11-7-18)22(17-32-27)40-21-12-8-19(30)9-13-21/h6-13,17,23,26,35H,2-5,14-16H2,1H3. The summed E-state index contributed by atoms with van der Waals surface area (Å²) in [5, 5.41) is 12.0. The Morgan fingerprint density at radius 1 is 1.15 bits per heavy atom. The van der Waals surface area contributed by atoms with E-state index in [1.54, 1.807) is 24.3 Å². The van der Waals surface area contributed by atoms with E-state index in [1.165, 1.54) is 42.1 Å². The van der Waals surface area contributed by atoms with Crippen LogP contribution in [0.4, 0.5) is 4.39 Å². The van der Waals surface area contributed by atoms with Gasteiger partial charge in [0, 0.05) is 30.8 Å². The molecule has 0 amide bonds. The number of aliphatic hydroxyl groups is 1. The third-order valence-electron chi connectivity index (χ3n) is 6.83. The van der Waals surface area contributed by atoms with Gasteiger partial charge >= 0.3 is 5.69 Å². The van der Waals surface area contributed by atoms with Crippen LogP contribution in [0.1, 0.15) is 42.9 Å². The Balaban J connectivity index is 1.57. The van der Waals surface area contributed by atoms with Crippen LogP contribution in [-0.2, 0) is 23.1 Å². The van der Waals surface area contributed by atoms with E-state index in [0.717, 1.165) is 23.8 Å². The van der Waals surface area contributed by atoms with Crippen LogP contribution in [0.5, 0.6) is 11.5 Å². The molecule has 2 aromatic heterocycles. The Hall–Kier alpha value is -3.57. The molecule has 2 aromatic carbocycles. The van der Waals surface area contributed by atoms with Crippen LogP contribution in [-0.4, -0.2) is 38.7 Å². The number of aryl methyl sites for hydroxylation is 1. The summed E-state index contributed by atoms with van der Waals surface area (Å²) in [6.07, 6.45) is 2.92. The van der Waals surface area contributed by atoms with E-state index in [0.29, 0.717) is 36.0 Å². The fourth-order valence-electron chi connectivity index (χ4n) is 4.73. The van der Waals surface area contributed by atoms with Crippen LogP contribution in [0.25, 0.3) is 11.0 Å². The number of hydrogen-bond acceptors (Lipinski definition) is 7. The largest absolute Gasteiger partial charge is 0.455 e. The molecule has 1 N–H and O–H groups in total. The molecular weight excluding hydrogens is 541 g/mol. The van der Waals surface area contributed by atoms with Crippen molar-refractivity contribution < 1.29 is 23.7 Å². The molecule has 2 atom stereocenters. The molecule has 1 aliphatic heterocycles. The van der Waals surface area contributed by atoms with E-state index in [2.05, 4.69) is 4.98 Å². The molecule has 0 aliphatic carbocycles. The first-order valence-corrected chi connectivity index (χ1v) is 13.4. The Morgan fingerprint density at radius 2 is 1.90 bits per heavy atom. The first-order valence-electron chi connectivity index (χ1n) is 13.1. The van der Waals surface area contributed by atoms with Gasteiger partial charge < -0.3 is 19.3 Å². The van der Waals surface area contributed by atoms with Gasteiger partial charge in [-0.3, -0.25) is 13.9 Å². The molecule has 3 heterocycles. The smallest absolute Gasteiger partial charge is 0.332 e. The van der Waals surface area contributed by atoms with Gasteiger partial charge in [-0.1, -0.05) is 23.7 Å². The predicted molar refractivity (Wildman–Crippen MR) is 147 cm³/mol. The molecule has 0 saturated carbocycles. The van der Waals surface area contributed by atoms with E-state index < -0.39 is 23.2 Å². The highest BCUT2D eigenvalue weighted by Crippen LogP contribution is 2.36. The SMILES string of the molecule is Cn1c(=O)n(CCCOC2CCCCO2)c(=O)c2c(C(O)c3ccc(F)cc3)c(Oc3ccc(Cl)cc3)cnc21. The Labute approximate surface area is 234 Å². The first kappa shape index (κ1) is 28.0. The quantitative estimate of drug-likeness (QED) is 0.291. The molecule has 5 rings (SSSR count). The third-order valence-corrected chi connectivity index (χ3v) is 7.08. The molecular formula is C29H29ClFN3O6. The van der Waals surface area contributed by atoms with Crippen molar-refractivity contribution in [2.24, 2.45) is 7.05 Å². The van der Waals surface area contributed by atoms with E-state index in [-0.39, 0.29) is 35.2 Å². The average molecular weight is 570 g/mol. The number of fused-ring (bicyclic) bond motifs is 1. The lowest BCUT2D eigenvalue weighted by atomic mass is 9.98. The molecule has 9 nitrogen and oxygen atoms in total. The van der Waals surface area contributed by atoms with Crippen molar-refractivity contribution in [1.29, 1.82) is 0 Å². The van der Waals surface area contributed by atoms with Crippen molar-refractivity contribution in [1.82, 2.24) is 14.1 Å². The fourth-order valence-corrected chi connectivity index (χ4v) is 4.85. The molecule has 0 bridgehead atoms. The van der Waals surface area contributed by atoms with E-state index >= 15 is 0 Å². The predicted octanol–water partition coefficient (Wildman–Crippen LogP) is 4.70. The molecule has 1 aliphatic rings. The minimum atomic E-state index is -1.39. The van der Waals surface area contributed by atoms with Crippen molar-refractivity contribution in [3.63, 3.8) is 0 Å². The second-order valence-corrected chi connectivity index (χ2v) is 10.0. The van der Waals surface area contributed by atoms with Gasteiger partial charge in [0.15, 0.2) is 12.0 Å². The van der Waals surface area contributed by atoms with Crippen molar-refractivity contribution >= 4 is 22.6 Å². The maximum absolute atomic E-state index is 13.9. The first-order chi connectivity index (χ1) is 19.3. The number of aliphatic hydroxyl groups excluding tert-OH is 1. The van der Waals surface area contributed by atoms with Crippen LogP contribution in [0.15, 0.2) is 64.3 Å². The number of benzene rings is 2. The van der Waals surface area contributed by atoms with E-state index in [4.69, 9.17) is 25.8 Å². The summed E-state index contributed by atoms with van der Waals surface area (Å²) < 4.78 is 33.4. The van der Waals surface area contributed by atoms with Gasteiger partial charge in [0.2, 0.25) is 0 Å². The normalized spacial score (nSPS) is 16.2. The van der Waals surface area contributed by atoms with E-state index in [9.17, 15) is 19.1 Å². The zero-order valence-corrected chi connectivity index (χ0v) is 22.6. The molecule has 4 aromatic rings. The summed E-state index contributed by atoms with van der Waals surface area (Å²) in [6.45, 7) is 1.05. The second-order valence-electron chi connectivity index (χ2n) is 9.56. The summed E-state index contributed by atoms with van der Waals surface area (Å²) in [7, 11) is 1.51. The van der Waals surface area contributed by atoms with Gasteiger partial charge in [-0.2, -0.15) is 0 Å². The molecule has 40 heavy (non-hydrogen) atoms. The van der Waals surface area contributed by atoms with Gasteiger partial charge in [-0.25, -0.2) is 14.2 Å². The molecule has 1 saturated heterocycles. The summed E-state index contributed by atoms with van der Waals surface area (Å²) in [4.78, 5) is 31.4. The molecule has 210 valence electrons. The van der Waals surface area contributed by atoms with Crippen LogP contribution < -0.4 is 16.0 Å². The monoisotopic (exact) mass is 569 g/mol. The number of aromatic nitrogens is 3. The number of halogens is 2. The lowest BCUT2D eigenvalue weighted by Gasteiger charge is -2.22. The minimum Gasteiger partial charge on any atom is -0.455 e. The van der Waals surface area contributed by atoms with Crippen LogP contribution >= 0.6 is 11.6 Å². The molecule has 2 unspecified atom stereocenters. The maximum atomic E-state index is 13.9. The zero-order valence-electron chi connectivity index (χ0n) is 21.9. The van der Waals surface area contributed by atoms with Gasteiger partial charge in [0.1, 0.15) is 23.3 Å². The van der Waals surface area contributed by atoms with Crippen LogP contribution in [0, 0.1) is 5.82 Å². The highest BCUT2D eigenvalue weighted by Gasteiger charge is 2.26. The molecule has 0 radical (unpaired) electrons. The van der Waals surface area contributed by atoms with Crippen molar-refractivity contribution in [2.75, 3.05) is 13.2 Å². The third kappa shape index (κ3) is 5.95. The number of nitrogens with zero attached hydrogens (tertiary/aromatic N) is 3. The molecule has 0 spiro atoms. The number of hydrogen-bond donors (Lipinski definition) is 1. The lowest BCUT2D eigenvalue weighted by molar-refractivity contribution is -0.163. The van der Waals surface area contributed by atoms with Gasteiger partial charge in [-0.15, -0.1) is 0 Å². The second kappa shape index (κ2) is 12.3. The summed E-state index contributed by atoms with van der Waals surface area (Å²) in [5.41, 5.74) is -0.661. The summed E-state index contributed by atoms with van der Waals surface area (Å²) in [6, 6.07) is 11.8. The summed E-state index contributed by atoms with van der Waals surface area (Å²) in [5.74, 6) is 0.0239. The minimum absolute atomic E-state index is 0.0157. The maximum Gasteiger partial charge on any atom is 0.332 e. The Kier molecular flexibility index (Phi) is 8.60. The van der Waals surface area contributed by atoms with E-state index in [1.807, 2.05) is 0 Å². The molecule has 1 fully saturated rings. The van der Waals surface area contributed by atoms with Crippen LogP contribution in [0.3, 0.4) is 0 Å². The number of pyridine rings is 1. The van der Waals surface area contributed by atoms with Crippen LogP contribution in [0.2, 0.25) is 5.02 Å². The molecule has 11 heteroatoms. The number of rotatable bonds is 9. The highest BCUT2D eigenvalue weighted by molar-refractivity contribution is 6.30. The average Bonchev–Trinajstić information content (AvgIpc) is 2.97. The van der Waals surface area contributed by atoms with Gasteiger partial charge in [0.25, 0.3) is 5.56 Å². The Bertz CT molecular complexity index is 1600. The fraction of sp³-hybridized carbons (Fsp3) is 0.345. The van der Waals surface area contributed by atoms with Gasteiger partial charge in [0.05, 0.1) is 18.2 Å². The highest BCUT2D eigenvalue weighted by atomic mass is 35.5. The van der Waals surface area contributed by atoms with Crippen molar-refractivity contribution in [2.45, 2.75) is 44.6 Å². The number of ether oxygens (including phenoxy) is 3. The van der Waals surface area contributed by atoms with Crippen molar-refractivity contribution in [3.8, 4) is 11.5 Å². The Morgan fingerprint density at radius 3 is 2.60 bits per heavy atom. The topological polar surface area (TPSA) is 105 Å².